The molecule has 10 nitrogen and oxygen atoms in total. The first-order chi connectivity index (χ1) is 19.5. The Kier molecular flexibility index (Phi) is 14.5. The summed E-state index contributed by atoms with van der Waals surface area (Å²) in [5.74, 6) is 0.933. The van der Waals surface area contributed by atoms with E-state index < -0.39 is 6.10 Å². The molecule has 2 aromatic carbocycles. The molecular formula is C30H46N2O8. The van der Waals surface area contributed by atoms with Gasteiger partial charge >= 0.3 is 0 Å². The van der Waals surface area contributed by atoms with Gasteiger partial charge in [-0.25, -0.2) is 0 Å². The first-order valence-corrected chi connectivity index (χ1v) is 13.9. The van der Waals surface area contributed by atoms with Crippen LogP contribution in [0.2, 0.25) is 0 Å². The highest BCUT2D eigenvalue weighted by molar-refractivity contribution is 5.57. The van der Waals surface area contributed by atoms with Gasteiger partial charge in [0.05, 0.1) is 44.3 Å². The number of rotatable bonds is 19. The molecule has 4 N–H and O–H groups in total. The molecule has 1 aliphatic heterocycles. The van der Waals surface area contributed by atoms with Crippen LogP contribution in [-0.2, 0) is 30.3 Å². The third kappa shape index (κ3) is 10.5. The fourth-order valence-electron chi connectivity index (χ4n) is 4.73. The van der Waals surface area contributed by atoms with Gasteiger partial charge in [-0.05, 0) is 41.8 Å². The first-order valence-electron chi connectivity index (χ1n) is 13.9. The number of aromatic hydroxyl groups is 1. The van der Waals surface area contributed by atoms with Gasteiger partial charge in [-0.3, -0.25) is 0 Å². The van der Waals surface area contributed by atoms with E-state index in [1.165, 1.54) is 0 Å². The largest absolute Gasteiger partial charge is 0.506 e. The molecule has 2 aromatic rings. The quantitative estimate of drug-likeness (QED) is 0.150. The van der Waals surface area contributed by atoms with Crippen LogP contribution in [0.15, 0.2) is 42.5 Å². The van der Waals surface area contributed by atoms with Gasteiger partial charge in [0.2, 0.25) is 0 Å². The van der Waals surface area contributed by atoms with E-state index in [1.54, 1.807) is 27.4 Å². The molecule has 4 atom stereocenters. The molecule has 0 spiro atoms. The molecule has 40 heavy (non-hydrogen) atoms. The highest BCUT2D eigenvalue weighted by Crippen LogP contribution is 2.33. The number of aliphatic hydroxyl groups excluding tert-OH is 1. The van der Waals surface area contributed by atoms with Gasteiger partial charge < -0.3 is 49.3 Å². The number of anilines is 1. The van der Waals surface area contributed by atoms with E-state index in [2.05, 4.69) is 22.8 Å². The normalized spacial score (nSPS) is 19.9. The van der Waals surface area contributed by atoms with Gasteiger partial charge in [-0.2, -0.15) is 0 Å². The van der Waals surface area contributed by atoms with Crippen molar-refractivity contribution in [2.24, 2.45) is 0 Å². The number of phenols is 1. The van der Waals surface area contributed by atoms with Gasteiger partial charge in [0.25, 0.3) is 0 Å². The minimum absolute atomic E-state index is 0.0673. The summed E-state index contributed by atoms with van der Waals surface area (Å²) in [6.45, 7) is 4.63. The number of hydrogen-bond acceptors (Lipinski definition) is 10. The SMILES string of the molecule is COCCCNc1cc(CO[C@H]2CNC[C@@H](OC[C@H](O)COC)[C@@H]2c2ccc(OCCCOC)cc2)ccc1O. The van der Waals surface area contributed by atoms with Crippen LogP contribution in [0.3, 0.4) is 0 Å². The fourth-order valence-corrected chi connectivity index (χ4v) is 4.73. The Morgan fingerprint density at radius 1 is 0.875 bits per heavy atom. The number of ether oxygens (including phenoxy) is 6. The Labute approximate surface area is 237 Å². The molecule has 1 fully saturated rings. The summed E-state index contributed by atoms with van der Waals surface area (Å²) in [6.07, 6.45) is 0.560. The van der Waals surface area contributed by atoms with Crippen LogP contribution in [0.1, 0.15) is 29.9 Å². The molecule has 10 heteroatoms. The number of piperidine rings is 1. The number of nitrogens with one attached hydrogen (secondary N) is 2. The summed E-state index contributed by atoms with van der Waals surface area (Å²) < 4.78 is 33.8. The molecule has 224 valence electrons. The number of aliphatic hydroxyl groups is 1. The lowest BCUT2D eigenvalue weighted by Gasteiger charge is -2.39. The lowest BCUT2D eigenvalue weighted by molar-refractivity contribution is -0.0856. The molecule has 3 rings (SSSR count). The number of benzene rings is 2. The van der Waals surface area contributed by atoms with Crippen molar-refractivity contribution in [3.05, 3.63) is 53.6 Å². The van der Waals surface area contributed by atoms with E-state index >= 15 is 0 Å². The van der Waals surface area contributed by atoms with Crippen LogP contribution in [0, 0.1) is 0 Å². The topological polar surface area (TPSA) is 120 Å². The Morgan fingerprint density at radius 2 is 1.60 bits per heavy atom. The van der Waals surface area contributed by atoms with Crippen molar-refractivity contribution >= 4 is 5.69 Å². The Morgan fingerprint density at radius 3 is 2.33 bits per heavy atom. The number of phenolic OH excluding ortho intramolecular Hbond substituents is 1. The monoisotopic (exact) mass is 562 g/mol. The molecule has 0 unspecified atom stereocenters. The molecule has 1 heterocycles. The summed E-state index contributed by atoms with van der Waals surface area (Å²) in [5, 5.41) is 27.1. The predicted octanol–water partition coefficient (Wildman–Crippen LogP) is 2.92. The average molecular weight is 563 g/mol. The van der Waals surface area contributed by atoms with E-state index in [-0.39, 0.29) is 37.1 Å². The minimum atomic E-state index is -0.707. The predicted molar refractivity (Wildman–Crippen MR) is 153 cm³/mol. The molecule has 1 aliphatic rings. The second kappa shape index (κ2) is 18.1. The Balaban J connectivity index is 1.70. The maximum absolute atomic E-state index is 10.3. The summed E-state index contributed by atoms with van der Waals surface area (Å²) >= 11 is 0. The molecular weight excluding hydrogens is 516 g/mol. The summed E-state index contributed by atoms with van der Waals surface area (Å²) in [7, 11) is 4.91. The van der Waals surface area contributed by atoms with Crippen molar-refractivity contribution in [1.29, 1.82) is 0 Å². The zero-order chi connectivity index (χ0) is 28.6. The fraction of sp³-hybridized carbons (Fsp3) is 0.600. The summed E-state index contributed by atoms with van der Waals surface area (Å²) in [6, 6.07) is 13.5. The zero-order valence-electron chi connectivity index (χ0n) is 24.0. The van der Waals surface area contributed by atoms with Crippen molar-refractivity contribution < 1.29 is 38.6 Å². The van der Waals surface area contributed by atoms with Gasteiger partial charge in [-0.15, -0.1) is 0 Å². The molecule has 0 radical (unpaired) electrons. The van der Waals surface area contributed by atoms with Gasteiger partial charge in [-0.1, -0.05) is 18.2 Å². The van der Waals surface area contributed by atoms with Crippen molar-refractivity contribution in [1.82, 2.24) is 5.32 Å². The zero-order valence-corrected chi connectivity index (χ0v) is 24.0. The van der Waals surface area contributed by atoms with Crippen molar-refractivity contribution in [3.63, 3.8) is 0 Å². The standard InChI is InChI=1S/C30H46N2O8/c1-35-13-4-12-32-26-16-22(6-11-27(26)34)19-39-28-17-31-18-29(40-21-24(33)20-37-3)30(28)23-7-9-25(10-8-23)38-15-5-14-36-2/h6-11,16,24,28-34H,4-5,12-15,17-21H2,1-3H3/t24-,28+,29-,30-/m1/s1. The van der Waals surface area contributed by atoms with E-state index in [9.17, 15) is 10.2 Å². The van der Waals surface area contributed by atoms with Crippen LogP contribution < -0.4 is 15.4 Å². The second-order valence-corrected chi connectivity index (χ2v) is 9.90. The smallest absolute Gasteiger partial charge is 0.138 e. The lowest BCUT2D eigenvalue weighted by Crippen LogP contribution is -2.51. The van der Waals surface area contributed by atoms with E-state index in [0.29, 0.717) is 51.7 Å². The molecule has 0 aromatic heterocycles. The van der Waals surface area contributed by atoms with Crippen LogP contribution in [0.4, 0.5) is 5.69 Å². The molecule has 0 amide bonds. The summed E-state index contributed by atoms with van der Waals surface area (Å²) in [5.41, 5.74) is 2.70. The average Bonchev–Trinajstić information content (AvgIpc) is 2.97. The number of methoxy groups -OCH3 is 3. The van der Waals surface area contributed by atoms with Crippen molar-refractivity contribution in [2.75, 3.05) is 79.3 Å². The summed E-state index contributed by atoms with van der Waals surface area (Å²) in [4.78, 5) is 0. The third-order valence-corrected chi connectivity index (χ3v) is 6.75. The Bertz CT molecular complexity index is 961. The Hall–Kier alpha value is -2.44. The van der Waals surface area contributed by atoms with Crippen LogP contribution in [0.5, 0.6) is 11.5 Å². The van der Waals surface area contributed by atoms with Crippen LogP contribution >= 0.6 is 0 Å². The van der Waals surface area contributed by atoms with Gasteiger partial charge in [0, 0.05) is 66.5 Å². The van der Waals surface area contributed by atoms with E-state index in [0.717, 1.165) is 29.7 Å². The third-order valence-electron chi connectivity index (χ3n) is 6.75. The minimum Gasteiger partial charge on any atom is -0.506 e. The van der Waals surface area contributed by atoms with Crippen molar-refractivity contribution in [3.8, 4) is 11.5 Å². The highest BCUT2D eigenvalue weighted by Gasteiger charge is 2.36. The maximum Gasteiger partial charge on any atom is 0.138 e. The van der Waals surface area contributed by atoms with Crippen LogP contribution in [0.25, 0.3) is 0 Å². The lowest BCUT2D eigenvalue weighted by atomic mass is 9.85. The van der Waals surface area contributed by atoms with Crippen LogP contribution in [-0.4, -0.2) is 103 Å². The van der Waals surface area contributed by atoms with Gasteiger partial charge in [0.1, 0.15) is 17.6 Å². The highest BCUT2D eigenvalue weighted by atomic mass is 16.5. The molecule has 0 saturated carbocycles. The second-order valence-electron chi connectivity index (χ2n) is 9.90. The van der Waals surface area contributed by atoms with Crippen molar-refractivity contribution in [2.45, 2.75) is 43.7 Å². The van der Waals surface area contributed by atoms with Gasteiger partial charge in [0.15, 0.2) is 0 Å². The van der Waals surface area contributed by atoms with E-state index in [1.807, 2.05) is 24.3 Å². The molecule has 1 saturated heterocycles. The first kappa shape index (κ1) is 32.1. The molecule has 0 aliphatic carbocycles. The number of hydrogen-bond donors (Lipinski definition) is 4. The maximum atomic E-state index is 10.3. The van der Waals surface area contributed by atoms with E-state index in [4.69, 9.17) is 28.4 Å². The molecule has 0 bridgehead atoms.